The highest BCUT2D eigenvalue weighted by Gasteiger charge is 2.58. The Morgan fingerprint density at radius 1 is 1.31 bits per heavy atom. The summed E-state index contributed by atoms with van der Waals surface area (Å²) in [5.74, 6) is 1.27. The Labute approximate surface area is 187 Å². The Morgan fingerprint density at radius 2 is 2.09 bits per heavy atom. The van der Waals surface area contributed by atoms with Crippen molar-refractivity contribution < 1.29 is 14.3 Å². The number of benzene rings is 1. The van der Waals surface area contributed by atoms with Gasteiger partial charge in [0.2, 0.25) is 5.91 Å². The van der Waals surface area contributed by atoms with Gasteiger partial charge in [0.15, 0.2) is 0 Å². The first kappa shape index (κ1) is 20.4. The molecule has 4 saturated carbocycles. The van der Waals surface area contributed by atoms with Gasteiger partial charge in [-0.15, -0.1) is 0 Å². The van der Waals surface area contributed by atoms with Crippen LogP contribution in [0, 0.1) is 29.0 Å². The van der Waals surface area contributed by atoms with Crippen molar-refractivity contribution in [2.75, 3.05) is 6.54 Å². The summed E-state index contributed by atoms with van der Waals surface area (Å²) >= 11 is 0. The second kappa shape index (κ2) is 7.39. The minimum Gasteiger partial charge on any atom is -0.392 e. The Kier molecular flexibility index (Phi) is 4.70. The summed E-state index contributed by atoms with van der Waals surface area (Å²) in [6.45, 7) is 0.370. The smallest absolute Gasteiger partial charge is 0.221 e. The summed E-state index contributed by atoms with van der Waals surface area (Å²) in [7, 11) is 0. The molecule has 1 aromatic heterocycles. The van der Waals surface area contributed by atoms with Gasteiger partial charge in [-0.3, -0.25) is 4.79 Å². The maximum atomic E-state index is 14.9. The second-order valence-electron chi connectivity index (χ2n) is 10.6. The molecular weight excluding hydrogens is 407 g/mol. The number of rotatable bonds is 6. The summed E-state index contributed by atoms with van der Waals surface area (Å²) in [5.41, 5.74) is 7.91. The summed E-state index contributed by atoms with van der Waals surface area (Å²) in [5, 5.41) is 14.9. The van der Waals surface area contributed by atoms with E-state index in [9.17, 15) is 14.3 Å². The fourth-order valence-electron chi connectivity index (χ4n) is 7.81. The molecule has 6 nitrogen and oxygen atoms in total. The number of amides is 1. The molecule has 1 amide bonds. The molecule has 2 aromatic rings. The Bertz CT molecular complexity index is 1040. The molecule has 7 heteroatoms. The van der Waals surface area contributed by atoms with Gasteiger partial charge in [0, 0.05) is 30.1 Å². The van der Waals surface area contributed by atoms with Gasteiger partial charge < -0.3 is 20.7 Å². The molecule has 1 aromatic carbocycles. The molecule has 7 rings (SSSR count). The summed E-state index contributed by atoms with van der Waals surface area (Å²) in [6.07, 6.45) is 9.06. The number of fused-ring (bicyclic) bond motifs is 3. The lowest BCUT2D eigenvalue weighted by Gasteiger charge is -2.61. The quantitative estimate of drug-likeness (QED) is 0.646. The van der Waals surface area contributed by atoms with Crippen molar-refractivity contribution >= 4 is 5.91 Å². The molecule has 4 bridgehead atoms. The molecule has 4 aliphatic carbocycles. The van der Waals surface area contributed by atoms with E-state index < -0.39 is 6.10 Å². The molecule has 2 heterocycles. The molecule has 4 atom stereocenters. The van der Waals surface area contributed by atoms with Crippen LogP contribution in [0.25, 0.3) is 11.3 Å². The van der Waals surface area contributed by atoms with Crippen molar-refractivity contribution in [1.82, 2.24) is 14.9 Å². The van der Waals surface area contributed by atoms with Crippen LogP contribution in [0.2, 0.25) is 0 Å². The predicted molar refractivity (Wildman–Crippen MR) is 118 cm³/mol. The average molecular weight is 439 g/mol. The van der Waals surface area contributed by atoms with E-state index in [2.05, 4.69) is 10.3 Å². The number of carbonyl (C=O) groups is 1. The molecular formula is C25H31FN4O2. The van der Waals surface area contributed by atoms with Gasteiger partial charge in [0.25, 0.3) is 0 Å². The first-order valence-electron chi connectivity index (χ1n) is 12.0. The normalized spacial score (nSPS) is 34.9. The molecule has 32 heavy (non-hydrogen) atoms. The highest BCUT2D eigenvalue weighted by atomic mass is 19.1. The van der Waals surface area contributed by atoms with Crippen LogP contribution in [0.15, 0.2) is 30.7 Å². The minimum atomic E-state index is -0.512. The van der Waals surface area contributed by atoms with E-state index in [1.54, 1.807) is 18.6 Å². The van der Waals surface area contributed by atoms with Gasteiger partial charge in [-0.1, -0.05) is 12.1 Å². The number of aliphatic hydroxyl groups is 1. The monoisotopic (exact) mass is 438 g/mol. The molecule has 0 radical (unpaired) electrons. The van der Waals surface area contributed by atoms with E-state index in [-0.39, 0.29) is 29.2 Å². The van der Waals surface area contributed by atoms with E-state index in [1.807, 2.05) is 10.6 Å². The summed E-state index contributed by atoms with van der Waals surface area (Å²) < 4.78 is 16.9. The van der Waals surface area contributed by atoms with Crippen LogP contribution in [-0.2, 0) is 4.79 Å². The molecule has 4 unspecified atom stereocenters. The number of imidazole rings is 1. The Balaban J connectivity index is 1.25. The Hall–Kier alpha value is -2.25. The van der Waals surface area contributed by atoms with Crippen LogP contribution < -0.4 is 11.1 Å². The lowest BCUT2D eigenvalue weighted by Crippen LogP contribution is -2.62. The fourth-order valence-corrected chi connectivity index (χ4v) is 7.81. The zero-order valence-electron chi connectivity index (χ0n) is 18.2. The van der Waals surface area contributed by atoms with Gasteiger partial charge in [0.05, 0.1) is 30.4 Å². The van der Waals surface area contributed by atoms with E-state index in [0.717, 1.165) is 43.4 Å². The van der Waals surface area contributed by atoms with Crippen molar-refractivity contribution in [1.29, 1.82) is 0 Å². The number of hydrogen-bond acceptors (Lipinski definition) is 4. The zero-order valence-corrected chi connectivity index (χ0v) is 18.2. The predicted octanol–water partition coefficient (Wildman–Crippen LogP) is 3.00. The SMILES string of the molecule is NCCC(=O)NC1C2CC3CC1CC(C(O)CC1c4c(F)cccc4-c4cncn41)(C3)C2. The van der Waals surface area contributed by atoms with Crippen LogP contribution in [0.1, 0.15) is 56.6 Å². The molecule has 0 spiro atoms. The third kappa shape index (κ3) is 2.97. The number of hydrogen-bond donors (Lipinski definition) is 3. The maximum Gasteiger partial charge on any atom is 0.221 e. The standard InChI is InChI=1S/C25H31FN4O2/c26-18-3-1-2-17-20-12-28-13-30(20)19(23(17)18)8-21(31)25-9-14-6-15(10-25)24(16(7-14)11-25)29-22(32)4-5-27/h1-3,12-16,19,21,24,31H,4-11,27H2,(H,29,32). The number of nitrogens with one attached hydrogen (secondary N) is 1. The van der Waals surface area contributed by atoms with Crippen molar-refractivity contribution in [3.05, 3.63) is 42.1 Å². The molecule has 170 valence electrons. The lowest BCUT2D eigenvalue weighted by molar-refractivity contribution is -0.145. The molecule has 1 aliphatic heterocycles. The van der Waals surface area contributed by atoms with Crippen LogP contribution in [-0.4, -0.2) is 39.3 Å². The second-order valence-corrected chi connectivity index (χ2v) is 10.6. The van der Waals surface area contributed by atoms with Gasteiger partial charge in [-0.25, -0.2) is 9.37 Å². The van der Waals surface area contributed by atoms with Crippen LogP contribution in [0.4, 0.5) is 4.39 Å². The molecule has 0 saturated heterocycles. The first-order valence-corrected chi connectivity index (χ1v) is 12.0. The van der Waals surface area contributed by atoms with E-state index in [0.29, 0.717) is 42.7 Å². The maximum absolute atomic E-state index is 14.9. The molecule has 4 fully saturated rings. The average Bonchev–Trinajstić information content (AvgIpc) is 3.34. The van der Waals surface area contributed by atoms with Crippen LogP contribution in [0.3, 0.4) is 0 Å². The van der Waals surface area contributed by atoms with Gasteiger partial charge >= 0.3 is 0 Å². The van der Waals surface area contributed by atoms with E-state index >= 15 is 0 Å². The highest BCUT2D eigenvalue weighted by molar-refractivity contribution is 5.76. The van der Waals surface area contributed by atoms with Crippen LogP contribution >= 0.6 is 0 Å². The third-order valence-electron chi connectivity index (χ3n) is 8.84. The number of carbonyl (C=O) groups excluding carboxylic acids is 1. The molecule has 5 aliphatic rings. The molecule has 4 N–H and O–H groups in total. The summed E-state index contributed by atoms with van der Waals surface area (Å²) in [6, 6.07) is 5.17. The van der Waals surface area contributed by atoms with Crippen LogP contribution in [0.5, 0.6) is 0 Å². The topological polar surface area (TPSA) is 93.2 Å². The van der Waals surface area contributed by atoms with E-state index in [4.69, 9.17) is 5.73 Å². The largest absolute Gasteiger partial charge is 0.392 e. The zero-order chi connectivity index (χ0) is 22.0. The van der Waals surface area contributed by atoms with Crippen molar-refractivity contribution in [2.24, 2.45) is 28.9 Å². The highest BCUT2D eigenvalue weighted by Crippen LogP contribution is 2.62. The van der Waals surface area contributed by atoms with E-state index in [1.165, 1.54) is 6.07 Å². The van der Waals surface area contributed by atoms with Crippen molar-refractivity contribution in [3.63, 3.8) is 0 Å². The number of nitrogens with zero attached hydrogens (tertiary/aromatic N) is 2. The number of halogens is 1. The Morgan fingerprint density at radius 3 is 2.84 bits per heavy atom. The van der Waals surface area contributed by atoms with Gasteiger partial charge in [0.1, 0.15) is 5.82 Å². The number of nitrogens with two attached hydrogens (primary N) is 1. The number of aromatic nitrogens is 2. The van der Waals surface area contributed by atoms with Gasteiger partial charge in [-0.2, -0.15) is 0 Å². The summed E-state index contributed by atoms with van der Waals surface area (Å²) in [4.78, 5) is 16.5. The van der Waals surface area contributed by atoms with Gasteiger partial charge in [-0.05, 0) is 67.8 Å². The third-order valence-corrected chi connectivity index (χ3v) is 8.84. The first-order chi connectivity index (χ1) is 15.5. The lowest BCUT2D eigenvalue weighted by atomic mass is 9.46. The minimum absolute atomic E-state index is 0.0465. The van der Waals surface area contributed by atoms with Crippen molar-refractivity contribution in [2.45, 2.75) is 63.1 Å². The fraction of sp³-hybridized carbons (Fsp3) is 0.600. The van der Waals surface area contributed by atoms with Crippen molar-refractivity contribution in [3.8, 4) is 11.3 Å². The number of aliphatic hydroxyl groups excluding tert-OH is 1.